The second kappa shape index (κ2) is 6.62. The predicted octanol–water partition coefficient (Wildman–Crippen LogP) is 3.53. The second-order valence-corrected chi connectivity index (χ2v) is 6.89. The number of hydrogen-bond donors (Lipinski definition) is 0. The van der Waals surface area contributed by atoms with Gasteiger partial charge in [-0.15, -0.1) is 0 Å². The normalized spacial score (nSPS) is 22.3. The fraction of sp³-hybridized carbons (Fsp3) is 0.381. The largest absolute Gasteiger partial charge is 0.497 e. The molecule has 0 aliphatic carbocycles. The first-order valence-corrected chi connectivity index (χ1v) is 8.80. The number of ether oxygens (including phenoxy) is 2. The maximum absolute atomic E-state index is 12.7. The molecule has 1 fully saturated rings. The summed E-state index contributed by atoms with van der Waals surface area (Å²) >= 11 is 0. The fourth-order valence-electron chi connectivity index (χ4n) is 3.86. The first kappa shape index (κ1) is 16.3. The molecule has 2 aromatic carbocycles. The number of methoxy groups -OCH3 is 1. The maximum Gasteiger partial charge on any atom is 0.164 e. The zero-order valence-corrected chi connectivity index (χ0v) is 14.7. The Morgan fingerprint density at radius 3 is 2.80 bits per heavy atom. The molecule has 2 atom stereocenters. The molecule has 2 heterocycles. The van der Waals surface area contributed by atoms with Crippen molar-refractivity contribution in [2.24, 2.45) is 0 Å². The SMILES string of the molecule is COc1ccc(C(=O)CC2COC3c4cc(C)ccc4CCN23)cc1. The molecule has 130 valence electrons. The minimum Gasteiger partial charge on any atom is -0.497 e. The molecule has 0 saturated carbocycles. The molecule has 25 heavy (non-hydrogen) atoms. The van der Waals surface area contributed by atoms with Gasteiger partial charge in [0, 0.05) is 24.6 Å². The summed E-state index contributed by atoms with van der Waals surface area (Å²) in [5, 5.41) is 0. The third-order valence-electron chi connectivity index (χ3n) is 5.26. The number of ketones is 1. The van der Waals surface area contributed by atoms with Crippen molar-refractivity contribution in [2.75, 3.05) is 20.3 Å². The summed E-state index contributed by atoms with van der Waals surface area (Å²) in [5.74, 6) is 0.927. The van der Waals surface area contributed by atoms with Gasteiger partial charge < -0.3 is 9.47 Å². The number of nitrogens with zero attached hydrogens (tertiary/aromatic N) is 1. The number of Topliss-reactive ketones (excluding diaryl/α,β-unsaturated/α-hetero) is 1. The van der Waals surface area contributed by atoms with Gasteiger partial charge in [0.15, 0.2) is 5.78 Å². The van der Waals surface area contributed by atoms with Crippen LogP contribution in [-0.2, 0) is 11.2 Å². The Balaban J connectivity index is 1.49. The van der Waals surface area contributed by atoms with Crippen molar-refractivity contribution in [3.05, 3.63) is 64.7 Å². The van der Waals surface area contributed by atoms with Crippen molar-refractivity contribution in [1.29, 1.82) is 0 Å². The monoisotopic (exact) mass is 337 g/mol. The second-order valence-electron chi connectivity index (χ2n) is 6.89. The smallest absolute Gasteiger partial charge is 0.164 e. The van der Waals surface area contributed by atoms with Crippen LogP contribution in [0.2, 0.25) is 0 Å². The first-order chi connectivity index (χ1) is 12.2. The minimum absolute atomic E-state index is 0.00248. The Morgan fingerprint density at radius 1 is 1.24 bits per heavy atom. The number of carbonyl (C=O) groups excluding carboxylic acids is 1. The van der Waals surface area contributed by atoms with E-state index in [0.29, 0.717) is 13.0 Å². The van der Waals surface area contributed by atoms with Crippen LogP contribution < -0.4 is 4.74 Å². The van der Waals surface area contributed by atoms with Gasteiger partial charge >= 0.3 is 0 Å². The molecular formula is C21H23NO3. The lowest BCUT2D eigenvalue weighted by Crippen LogP contribution is -2.39. The highest BCUT2D eigenvalue weighted by Gasteiger charge is 2.39. The van der Waals surface area contributed by atoms with Gasteiger partial charge in [0.2, 0.25) is 0 Å². The number of rotatable bonds is 4. The first-order valence-electron chi connectivity index (χ1n) is 8.80. The van der Waals surface area contributed by atoms with Crippen LogP contribution in [0, 0.1) is 6.92 Å². The molecule has 2 aliphatic rings. The molecule has 2 unspecified atom stereocenters. The molecule has 0 bridgehead atoms. The van der Waals surface area contributed by atoms with E-state index in [4.69, 9.17) is 9.47 Å². The van der Waals surface area contributed by atoms with Gasteiger partial charge in [-0.05, 0) is 48.7 Å². The van der Waals surface area contributed by atoms with Crippen molar-refractivity contribution >= 4 is 5.78 Å². The van der Waals surface area contributed by atoms with E-state index in [2.05, 4.69) is 30.0 Å². The fourth-order valence-corrected chi connectivity index (χ4v) is 3.86. The molecule has 2 aliphatic heterocycles. The van der Waals surface area contributed by atoms with Crippen LogP contribution in [0.15, 0.2) is 42.5 Å². The molecule has 0 N–H and O–H groups in total. The van der Waals surface area contributed by atoms with Crippen LogP contribution in [0.5, 0.6) is 5.75 Å². The number of fused-ring (bicyclic) bond motifs is 3. The van der Waals surface area contributed by atoms with Gasteiger partial charge in [-0.25, -0.2) is 0 Å². The van der Waals surface area contributed by atoms with Crippen LogP contribution in [0.1, 0.15) is 39.7 Å². The summed E-state index contributed by atoms with van der Waals surface area (Å²) in [4.78, 5) is 15.0. The standard InChI is InChI=1S/C21H23NO3/c1-14-3-4-15-9-10-22-17(13-25-21(22)19(15)11-14)12-20(23)16-5-7-18(24-2)8-6-16/h3-8,11,17,21H,9-10,12-13H2,1-2H3. The van der Waals surface area contributed by atoms with Gasteiger partial charge in [0.05, 0.1) is 13.7 Å². The van der Waals surface area contributed by atoms with Crippen molar-refractivity contribution in [1.82, 2.24) is 4.90 Å². The van der Waals surface area contributed by atoms with E-state index in [1.807, 2.05) is 24.3 Å². The van der Waals surface area contributed by atoms with E-state index in [1.54, 1.807) is 7.11 Å². The molecular weight excluding hydrogens is 314 g/mol. The van der Waals surface area contributed by atoms with Crippen LogP contribution in [0.3, 0.4) is 0 Å². The maximum atomic E-state index is 12.7. The molecule has 0 aromatic heterocycles. The quantitative estimate of drug-likeness (QED) is 0.800. The van der Waals surface area contributed by atoms with E-state index < -0.39 is 0 Å². The molecule has 4 rings (SSSR count). The molecule has 2 aromatic rings. The van der Waals surface area contributed by atoms with Crippen molar-refractivity contribution in [2.45, 2.75) is 32.0 Å². The highest BCUT2D eigenvalue weighted by Crippen LogP contribution is 2.38. The lowest BCUT2D eigenvalue weighted by atomic mass is 9.95. The summed E-state index contributed by atoms with van der Waals surface area (Å²) in [6.07, 6.45) is 1.50. The van der Waals surface area contributed by atoms with E-state index in [0.717, 1.165) is 24.3 Å². The summed E-state index contributed by atoms with van der Waals surface area (Å²) in [6.45, 7) is 3.67. The highest BCUT2D eigenvalue weighted by atomic mass is 16.5. The summed E-state index contributed by atoms with van der Waals surface area (Å²) in [6, 6.07) is 14.1. The van der Waals surface area contributed by atoms with Crippen LogP contribution >= 0.6 is 0 Å². The van der Waals surface area contributed by atoms with Crippen molar-refractivity contribution < 1.29 is 14.3 Å². The zero-order chi connectivity index (χ0) is 17.4. The Hall–Kier alpha value is -2.17. The Morgan fingerprint density at radius 2 is 2.04 bits per heavy atom. The van der Waals surface area contributed by atoms with Crippen molar-refractivity contribution in [3.63, 3.8) is 0 Å². The van der Waals surface area contributed by atoms with Crippen LogP contribution in [0.4, 0.5) is 0 Å². The minimum atomic E-state index is -0.00248. The topological polar surface area (TPSA) is 38.8 Å². The van der Waals surface area contributed by atoms with Gasteiger partial charge in [0.1, 0.15) is 12.0 Å². The summed E-state index contributed by atoms with van der Waals surface area (Å²) in [5.41, 5.74) is 4.62. The van der Waals surface area contributed by atoms with Gasteiger partial charge in [-0.3, -0.25) is 9.69 Å². The summed E-state index contributed by atoms with van der Waals surface area (Å²) < 4.78 is 11.2. The third kappa shape index (κ3) is 3.08. The number of benzene rings is 2. The molecule has 0 radical (unpaired) electrons. The van der Waals surface area contributed by atoms with E-state index in [1.165, 1.54) is 16.7 Å². The predicted molar refractivity (Wildman–Crippen MR) is 96.0 cm³/mol. The van der Waals surface area contributed by atoms with Gasteiger partial charge in [-0.2, -0.15) is 0 Å². The number of carbonyl (C=O) groups is 1. The molecule has 0 spiro atoms. The summed E-state index contributed by atoms with van der Waals surface area (Å²) in [7, 11) is 1.63. The highest BCUT2D eigenvalue weighted by molar-refractivity contribution is 5.96. The number of hydrogen-bond acceptors (Lipinski definition) is 4. The van der Waals surface area contributed by atoms with Crippen LogP contribution in [-0.4, -0.2) is 37.0 Å². The van der Waals surface area contributed by atoms with Gasteiger partial charge in [-0.1, -0.05) is 23.8 Å². The zero-order valence-electron chi connectivity index (χ0n) is 14.7. The van der Waals surface area contributed by atoms with E-state index >= 15 is 0 Å². The van der Waals surface area contributed by atoms with E-state index in [9.17, 15) is 4.79 Å². The van der Waals surface area contributed by atoms with Crippen molar-refractivity contribution in [3.8, 4) is 5.75 Å². The molecule has 0 amide bonds. The van der Waals surface area contributed by atoms with Gasteiger partial charge in [0.25, 0.3) is 0 Å². The van der Waals surface area contributed by atoms with E-state index in [-0.39, 0.29) is 18.1 Å². The average molecular weight is 337 g/mol. The Bertz CT molecular complexity index is 784. The van der Waals surface area contributed by atoms with Crippen LogP contribution in [0.25, 0.3) is 0 Å². The molecule has 4 heteroatoms. The third-order valence-corrected chi connectivity index (χ3v) is 5.26. The number of aryl methyl sites for hydroxylation is 1. The molecule has 1 saturated heterocycles. The lowest BCUT2D eigenvalue weighted by molar-refractivity contribution is 0.0215. The Labute approximate surface area is 148 Å². The molecule has 4 nitrogen and oxygen atoms in total. The Kier molecular flexibility index (Phi) is 4.32. The lowest BCUT2D eigenvalue weighted by Gasteiger charge is -2.33. The average Bonchev–Trinajstić information content (AvgIpc) is 3.05.